The molecule has 33 heavy (non-hydrogen) atoms. The lowest BCUT2D eigenvalue weighted by Crippen LogP contribution is -2.29. The van der Waals surface area contributed by atoms with Gasteiger partial charge in [0.1, 0.15) is 5.75 Å². The third-order valence-electron chi connectivity index (χ3n) is 5.73. The Hall–Kier alpha value is -1.62. The highest BCUT2D eigenvalue weighted by molar-refractivity contribution is 6.44. The third kappa shape index (κ3) is 10.9. The van der Waals surface area contributed by atoms with E-state index < -0.39 is 9.28 Å². The molecule has 0 aromatic heterocycles. The Kier molecular flexibility index (Phi) is 12.8. The van der Waals surface area contributed by atoms with Crippen LogP contribution in [0.2, 0.25) is 6.04 Å². The molecule has 2 aromatic carbocycles. The lowest BCUT2D eigenvalue weighted by atomic mass is 9.95. The van der Waals surface area contributed by atoms with Crippen molar-refractivity contribution >= 4 is 9.28 Å². The predicted molar refractivity (Wildman–Crippen MR) is 142 cm³/mol. The molecule has 0 spiro atoms. The number of phenols is 1. The molecule has 3 nitrogen and oxygen atoms in total. The number of aryl methyl sites for hydroxylation is 2. The van der Waals surface area contributed by atoms with Gasteiger partial charge in [0.15, 0.2) is 0 Å². The topological polar surface area (TPSA) is 38.7 Å². The van der Waals surface area contributed by atoms with E-state index in [4.69, 9.17) is 8.85 Å². The van der Waals surface area contributed by atoms with Crippen LogP contribution in [-0.2, 0) is 21.7 Å². The van der Waals surface area contributed by atoms with Crippen molar-refractivity contribution in [3.05, 3.63) is 53.6 Å². The molecule has 2 aromatic rings. The summed E-state index contributed by atoms with van der Waals surface area (Å²) in [5, 5.41) is 10.1. The van der Waals surface area contributed by atoms with E-state index in [-0.39, 0.29) is 12.2 Å². The van der Waals surface area contributed by atoms with Crippen molar-refractivity contribution in [2.24, 2.45) is 0 Å². The van der Waals surface area contributed by atoms with E-state index in [0.717, 1.165) is 25.3 Å². The number of phenolic OH excluding ortho intramolecular Hbond substituents is 1. The highest BCUT2D eigenvalue weighted by Crippen LogP contribution is 2.29. The first-order chi connectivity index (χ1) is 15.9. The van der Waals surface area contributed by atoms with Gasteiger partial charge in [0.05, 0.1) is 0 Å². The number of rotatable bonds is 16. The van der Waals surface area contributed by atoms with Gasteiger partial charge in [-0.15, -0.1) is 0 Å². The van der Waals surface area contributed by atoms with Gasteiger partial charge in [0.2, 0.25) is 0 Å². The molecule has 0 heterocycles. The molecule has 0 amide bonds. The van der Waals surface area contributed by atoms with Crippen LogP contribution in [0.5, 0.6) is 5.75 Å². The zero-order chi connectivity index (χ0) is 24.1. The molecule has 1 radical (unpaired) electrons. The predicted octanol–water partition coefficient (Wildman–Crippen LogP) is 8.23. The lowest BCUT2D eigenvalue weighted by Gasteiger charge is -2.20. The van der Waals surface area contributed by atoms with Crippen LogP contribution in [0, 0.1) is 0 Å². The van der Waals surface area contributed by atoms with Crippen molar-refractivity contribution in [1.82, 2.24) is 0 Å². The Balaban J connectivity index is 1.96. The van der Waals surface area contributed by atoms with Crippen molar-refractivity contribution in [3.8, 4) is 16.9 Å². The molecule has 0 fully saturated rings. The van der Waals surface area contributed by atoms with Gasteiger partial charge >= 0.3 is 9.28 Å². The Labute approximate surface area is 204 Å². The fourth-order valence-electron chi connectivity index (χ4n) is 4.12. The number of aromatic hydroxyl groups is 1. The minimum Gasteiger partial charge on any atom is -0.508 e. The summed E-state index contributed by atoms with van der Waals surface area (Å²) in [6.45, 7) is 10.5. The van der Waals surface area contributed by atoms with Crippen LogP contribution in [0.15, 0.2) is 42.5 Å². The van der Waals surface area contributed by atoms with Gasteiger partial charge in [-0.1, -0.05) is 69.4 Å². The molecule has 0 aliphatic rings. The largest absolute Gasteiger partial charge is 0.508 e. The maximum Gasteiger partial charge on any atom is 0.385 e. The van der Waals surface area contributed by atoms with Crippen LogP contribution in [0.4, 0.5) is 0 Å². The van der Waals surface area contributed by atoms with Gasteiger partial charge in [0, 0.05) is 12.2 Å². The molecule has 0 unspecified atom stereocenters. The quantitative estimate of drug-likeness (QED) is 0.199. The summed E-state index contributed by atoms with van der Waals surface area (Å²) in [6, 6.07) is 15.7. The van der Waals surface area contributed by atoms with E-state index in [2.05, 4.69) is 65.0 Å². The summed E-state index contributed by atoms with van der Waals surface area (Å²) in [5.74, 6) is 0.329. The van der Waals surface area contributed by atoms with Crippen LogP contribution in [0.25, 0.3) is 11.1 Å². The van der Waals surface area contributed by atoms with Gasteiger partial charge in [0.25, 0.3) is 0 Å². The fourth-order valence-corrected chi connectivity index (χ4v) is 5.93. The van der Waals surface area contributed by atoms with Crippen LogP contribution >= 0.6 is 0 Å². The normalized spacial score (nSPS) is 11.8. The average Bonchev–Trinajstić information content (AvgIpc) is 2.76. The average molecular weight is 470 g/mol. The van der Waals surface area contributed by atoms with Gasteiger partial charge in [-0.25, -0.2) is 0 Å². The summed E-state index contributed by atoms with van der Waals surface area (Å²) in [6.07, 6.45) is 11.4. The summed E-state index contributed by atoms with van der Waals surface area (Å²) >= 11 is 0. The smallest absolute Gasteiger partial charge is 0.385 e. The Morgan fingerprint density at radius 2 is 1.39 bits per heavy atom. The van der Waals surface area contributed by atoms with Crippen LogP contribution in [-0.4, -0.2) is 26.6 Å². The van der Waals surface area contributed by atoms with Crippen LogP contribution < -0.4 is 0 Å². The number of benzene rings is 2. The van der Waals surface area contributed by atoms with Gasteiger partial charge < -0.3 is 14.0 Å². The zero-order valence-electron chi connectivity index (χ0n) is 21.5. The third-order valence-corrected chi connectivity index (χ3v) is 7.96. The molecule has 0 saturated heterocycles. The van der Waals surface area contributed by atoms with Crippen molar-refractivity contribution < 1.29 is 14.0 Å². The second-order valence-corrected chi connectivity index (χ2v) is 11.3. The van der Waals surface area contributed by atoms with Crippen molar-refractivity contribution in [2.75, 3.05) is 0 Å². The summed E-state index contributed by atoms with van der Waals surface area (Å²) in [7, 11) is -1.28. The summed E-state index contributed by atoms with van der Waals surface area (Å²) < 4.78 is 12.1. The van der Waals surface area contributed by atoms with Crippen molar-refractivity contribution in [1.29, 1.82) is 0 Å². The summed E-state index contributed by atoms with van der Waals surface area (Å²) in [5.41, 5.74) is 5.04. The monoisotopic (exact) mass is 469 g/mol. The summed E-state index contributed by atoms with van der Waals surface area (Å²) in [4.78, 5) is 0. The number of hydrogen-bond donors (Lipinski definition) is 1. The molecule has 1 N–H and O–H groups in total. The maximum absolute atomic E-state index is 10.1. The fraction of sp³-hybridized carbons (Fsp3) is 0.586. The first kappa shape index (κ1) is 27.6. The van der Waals surface area contributed by atoms with Gasteiger partial charge in [-0.3, -0.25) is 0 Å². The second kappa shape index (κ2) is 15.3. The van der Waals surface area contributed by atoms with Gasteiger partial charge in [-0.05, 0) is 93.8 Å². The molecule has 2 rings (SSSR count). The molecule has 0 atom stereocenters. The molecular formula is C29H45O3Si. The molecule has 0 aliphatic carbocycles. The van der Waals surface area contributed by atoms with Crippen LogP contribution in [0.1, 0.15) is 90.7 Å². The zero-order valence-corrected chi connectivity index (χ0v) is 22.5. The molecule has 0 aliphatic heterocycles. The van der Waals surface area contributed by atoms with Crippen molar-refractivity contribution in [3.63, 3.8) is 0 Å². The van der Waals surface area contributed by atoms with E-state index in [1.807, 2.05) is 6.07 Å². The minimum atomic E-state index is -1.28. The highest BCUT2D eigenvalue weighted by atomic mass is 28.3. The standard InChI is InChI=1S/C29H45O3Si/c1-6-7-8-9-10-11-13-25-15-17-26(18-16-25)29-20-19-28(30)22-27(29)14-12-21-33(31-23(2)3)32-24(4)5/h15-20,22-24,30H,6-14,21H2,1-5H3. The maximum atomic E-state index is 10.1. The first-order valence-corrected chi connectivity index (χ1v) is 14.5. The van der Waals surface area contributed by atoms with Gasteiger partial charge in [-0.2, -0.15) is 0 Å². The molecule has 0 saturated carbocycles. The Bertz CT molecular complexity index is 776. The Morgan fingerprint density at radius 3 is 2.03 bits per heavy atom. The molecule has 4 heteroatoms. The Morgan fingerprint density at radius 1 is 0.758 bits per heavy atom. The second-order valence-electron chi connectivity index (χ2n) is 9.61. The SMILES string of the molecule is CCCCCCCCc1ccc(-c2ccc(O)cc2CCC[Si](OC(C)C)OC(C)C)cc1. The number of hydrogen-bond acceptors (Lipinski definition) is 3. The van der Waals surface area contributed by atoms with E-state index >= 15 is 0 Å². The molecular weight excluding hydrogens is 424 g/mol. The number of unbranched alkanes of at least 4 members (excludes halogenated alkanes) is 5. The highest BCUT2D eigenvalue weighted by Gasteiger charge is 2.19. The van der Waals surface area contributed by atoms with E-state index in [1.165, 1.54) is 60.8 Å². The first-order valence-electron chi connectivity index (χ1n) is 13.0. The van der Waals surface area contributed by atoms with Crippen molar-refractivity contribution in [2.45, 2.75) is 111 Å². The van der Waals surface area contributed by atoms with Crippen LogP contribution in [0.3, 0.4) is 0 Å². The lowest BCUT2D eigenvalue weighted by molar-refractivity contribution is 0.129. The van der Waals surface area contributed by atoms with E-state index in [0.29, 0.717) is 5.75 Å². The van der Waals surface area contributed by atoms with E-state index in [9.17, 15) is 5.11 Å². The molecule has 0 bridgehead atoms. The molecule has 183 valence electrons. The minimum absolute atomic E-state index is 0.184. The van der Waals surface area contributed by atoms with E-state index in [1.54, 1.807) is 6.07 Å².